The molecule has 0 spiro atoms. The fourth-order valence-corrected chi connectivity index (χ4v) is 3.12. The van der Waals surface area contributed by atoms with Crippen LogP contribution in [0.2, 0.25) is 5.02 Å². The number of anilines is 1. The summed E-state index contributed by atoms with van der Waals surface area (Å²) in [7, 11) is 1.80. The molecular weight excluding hydrogens is 364 g/mol. The minimum Gasteiger partial charge on any atom is -0.305 e. The van der Waals surface area contributed by atoms with Crippen molar-refractivity contribution in [2.24, 2.45) is 7.05 Å². The number of hydrogen-bond acceptors (Lipinski definition) is 4. The maximum atomic E-state index is 12.8. The third-order valence-corrected chi connectivity index (χ3v) is 4.62. The molecule has 0 aliphatic carbocycles. The highest BCUT2D eigenvalue weighted by Crippen LogP contribution is 2.20. The Morgan fingerprint density at radius 3 is 2.89 bits per heavy atom. The fraction of sp³-hybridized carbons (Fsp3) is 0.158. The van der Waals surface area contributed by atoms with Gasteiger partial charge in [-0.15, -0.1) is 0 Å². The number of carbonyl (C=O) groups is 1. The van der Waals surface area contributed by atoms with Crippen LogP contribution in [0, 0.1) is 6.92 Å². The van der Waals surface area contributed by atoms with E-state index >= 15 is 0 Å². The molecule has 1 aromatic carbocycles. The Morgan fingerprint density at radius 2 is 2.07 bits per heavy atom. The van der Waals surface area contributed by atoms with Gasteiger partial charge in [-0.05, 0) is 24.6 Å². The Balaban J connectivity index is 1.56. The largest absolute Gasteiger partial charge is 0.305 e. The summed E-state index contributed by atoms with van der Waals surface area (Å²) in [4.78, 5) is 17.2. The molecule has 0 fully saturated rings. The Kier molecular flexibility index (Phi) is 4.37. The maximum Gasteiger partial charge on any atom is 0.257 e. The van der Waals surface area contributed by atoms with Gasteiger partial charge in [0.25, 0.3) is 5.91 Å². The van der Waals surface area contributed by atoms with E-state index in [1.165, 1.54) is 0 Å². The molecule has 0 unspecified atom stereocenters. The summed E-state index contributed by atoms with van der Waals surface area (Å²) in [6.45, 7) is 2.37. The molecule has 0 aliphatic rings. The lowest BCUT2D eigenvalue weighted by Gasteiger charge is -2.06. The van der Waals surface area contributed by atoms with Crippen molar-refractivity contribution in [1.82, 2.24) is 24.5 Å². The van der Waals surface area contributed by atoms with Crippen LogP contribution in [0.5, 0.6) is 0 Å². The monoisotopic (exact) mass is 380 g/mol. The highest BCUT2D eigenvalue weighted by atomic mass is 35.5. The average molecular weight is 381 g/mol. The molecule has 3 heterocycles. The Hall–Kier alpha value is -3.19. The lowest BCUT2D eigenvalue weighted by atomic mass is 10.1. The van der Waals surface area contributed by atoms with Gasteiger partial charge in [-0.2, -0.15) is 10.2 Å². The number of nitrogens with one attached hydrogen (secondary N) is 1. The normalized spacial score (nSPS) is 11.1. The first-order chi connectivity index (χ1) is 13.0. The van der Waals surface area contributed by atoms with Crippen molar-refractivity contribution in [3.05, 3.63) is 70.6 Å². The molecule has 4 aromatic rings. The van der Waals surface area contributed by atoms with Crippen LogP contribution in [0.25, 0.3) is 11.0 Å². The minimum absolute atomic E-state index is 0.249. The highest BCUT2D eigenvalue weighted by Gasteiger charge is 2.16. The number of carbonyl (C=O) groups excluding carboxylic acids is 1. The van der Waals surface area contributed by atoms with Gasteiger partial charge in [-0.1, -0.05) is 29.8 Å². The Morgan fingerprint density at radius 1 is 1.26 bits per heavy atom. The first-order valence-corrected chi connectivity index (χ1v) is 8.76. The second-order valence-corrected chi connectivity index (χ2v) is 6.67. The van der Waals surface area contributed by atoms with Crippen LogP contribution >= 0.6 is 11.6 Å². The van der Waals surface area contributed by atoms with Gasteiger partial charge in [-0.3, -0.25) is 14.2 Å². The van der Waals surface area contributed by atoms with Crippen molar-refractivity contribution < 1.29 is 4.79 Å². The van der Waals surface area contributed by atoms with Crippen LogP contribution in [-0.4, -0.2) is 30.5 Å². The molecule has 0 aliphatic heterocycles. The van der Waals surface area contributed by atoms with Gasteiger partial charge in [0.1, 0.15) is 0 Å². The van der Waals surface area contributed by atoms with Crippen molar-refractivity contribution in [2.45, 2.75) is 13.5 Å². The molecule has 0 atom stereocenters. The first-order valence-electron chi connectivity index (χ1n) is 8.39. The van der Waals surface area contributed by atoms with Gasteiger partial charge in [0.15, 0.2) is 11.5 Å². The average Bonchev–Trinajstić information content (AvgIpc) is 3.23. The molecule has 0 bridgehead atoms. The predicted octanol–water partition coefficient (Wildman–Crippen LogP) is 3.43. The number of fused-ring (bicyclic) bond motifs is 1. The van der Waals surface area contributed by atoms with Gasteiger partial charge in [0.2, 0.25) is 0 Å². The van der Waals surface area contributed by atoms with Gasteiger partial charge in [0.05, 0.1) is 23.7 Å². The van der Waals surface area contributed by atoms with E-state index in [2.05, 4.69) is 20.5 Å². The number of pyridine rings is 1. The summed E-state index contributed by atoms with van der Waals surface area (Å²) in [6.07, 6.45) is 3.45. The van der Waals surface area contributed by atoms with Crippen molar-refractivity contribution in [3.63, 3.8) is 0 Å². The van der Waals surface area contributed by atoms with Crippen LogP contribution in [0.1, 0.15) is 21.6 Å². The molecule has 4 rings (SSSR count). The number of halogens is 1. The fourth-order valence-electron chi connectivity index (χ4n) is 2.93. The highest BCUT2D eigenvalue weighted by molar-refractivity contribution is 6.31. The summed E-state index contributed by atoms with van der Waals surface area (Å²) in [5, 5.41) is 12.8. The maximum absolute atomic E-state index is 12.8. The molecule has 0 saturated heterocycles. The van der Waals surface area contributed by atoms with Gasteiger partial charge >= 0.3 is 0 Å². The molecule has 1 amide bonds. The molecule has 27 heavy (non-hydrogen) atoms. The number of rotatable bonds is 4. The summed E-state index contributed by atoms with van der Waals surface area (Å²) in [5.74, 6) is 0.222. The van der Waals surface area contributed by atoms with Crippen molar-refractivity contribution >= 4 is 34.4 Å². The molecule has 0 radical (unpaired) electrons. The molecule has 3 aromatic heterocycles. The zero-order valence-electron chi connectivity index (χ0n) is 14.8. The van der Waals surface area contributed by atoms with Gasteiger partial charge in [0, 0.05) is 30.0 Å². The number of benzene rings is 1. The first kappa shape index (κ1) is 17.2. The van der Waals surface area contributed by atoms with Crippen LogP contribution in [0.4, 0.5) is 5.82 Å². The van der Waals surface area contributed by atoms with Crippen molar-refractivity contribution in [1.29, 1.82) is 0 Å². The molecule has 8 heteroatoms. The van der Waals surface area contributed by atoms with E-state index in [4.69, 9.17) is 11.6 Å². The third-order valence-electron chi connectivity index (χ3n) is 4.25. The Labute approximate surface area is 160 Å². The quantitative estimate of drug-likeness (QED) is 0.588. The van der Waals surface area contributed by atoms with Gasteiger partial charge in [-0.25, -0.2) is 4.98 Å². The predicted molar refractivity (Wildman–Crippen MR) is 104 cm³/mol. The van der Waals surface area contributed by atoms with E-state index in [1.54, 1.807) is 40.9 Å². The second kappa shape index (κ2) is 6.85. The van der Waals surface area contributed by atoms with E-state index in [0.29, 0.717) is 34.0 Å². The van der Waals surface area contributed by atoms with Crippen LogP contribution in [-0.2, 0) is 13.6 Å². The lowest BCUT2D eigenvalue weighted by molar-refractivity contribution is 0.102. The molecule has 136 valence electrons. The zero-order chi connectivity index (χ0) is 19.0. The van der Waals surface area contributed by atoms with Crippen LogP contribution in [0.3, 0.4) is 0 Å². The smallest absolute Gasteiger partial charge is 0.257 e. The number of aryl methyl sites for hydroxylation is 2. The summed E-state index contributed by atoms with van der Waals surface area (Å²) in [5.41, 5.74) is 2.90. The number of aromatic nitrogens is 5. The molecule has 1 N–H and O–H groups in total. The van der Waals surface area contributed by atoms with E-state index in [-0.39, 0.29) is 5.91 Å². The van der Waals surface area contributed by atoms with Crippen LogP contribution < -0.4 is 5.32 Å². The van der Waals surface area contributed by atoms with Crippen LogP contribution in [0.15, 0.2) is 48.8 Å². The zero-order valence-corrected chi connectivity index (χ0v) is 15.6. The van der Waals surface area contributed by atoms with E-state index in [1.807, 2.05) is 31.2 Å². The summed E-state index contributed by atoms with van der Waals surface area (Å²) in [6, 6.07) is 11.1. The van der Waals surface area contributed by atoms with E-state index in [0.717, 1.165) is 11.3 Å². The molecule has 7 nitrogen and oxygen atoms in total. The minimum atomic E-state index is -0.249. The summed E-state index contributed by atoms with van der Waals surface area (Å²) < 4.78 is 3.38. The summed E-state index contributed by atoms with van der Waals surface area (Å²) >= 11 is 6.19. The molecule has 0 saturated carbocycles. The molecular formula is C19H17ClN6O. The van der Waals surface area contributed by atoms with E-state index in [9.17, 15) is 4.79 Å². The number of hydrogen-bond donors (Lipinski definition) is 1. The number of amides is 1. The third kappa shape index (κ3) is 3.41. The van der Waals surface area contributed by atoms with Crippen molar-refractivity contribution in [2.75, 3.05) is 5.32 Å². The van der Waals surface area contributed by atoms with Crippen molar-refractivity contribution in [3.8, 4) is 0 Å². The SMILES string of the molecule is Cc1cc(C(=O)Nc2ccn(Cc3ccccc3Cl)n2)c2cnn(C)c2n1. The van der Waals surface area contributed by atoms with E-state index < -0.39 is 0 Å². The lowest BCUT2D eigenvalue weighted by Crippen LogP contribution is -2.14. The standard InChI is InChI=1S/C19H17ClN6O/c1-12-9-14(15-10-21-25(2)18(15)22-12)19(27)23-17-7-8-26(24-17)11-13-5-3-4-6-16(13)20/h3-10H,11H2,1-2H3,(H,23,24,27). The number of nitrogens with zero attached hydrogens (tertiary/aromatic N) is 5. The Bertz CT molecular complexity index is 1150. The topological polar surface area (TPSA) is 77.6 Å². The van der Waals surface area contributed by atoms with Gasteiger partial charge < -0.3 is 5.32 Å². The second-order valence-electron chi connectivity index (χ2n) is 6.26.